The molecule has 3 rings (SSSR count). The number of thioether (sulfide) groups is 1. The highest BCUT2D eigenvalue weighted by atomic mass is 32.2. The summed E-state index contributed by atoms with van der Waals surface area (Å²) in [6, 6.07) is 1.89. The number of nitrogens with one attached hydrogen (secondary N) is 1. The van der Waals surface area contributed by atoms with Crippen LogP contribution in [0.2, 0.25) is 0 Å². The second-order valence-corrected chi connectivity index (χ2v) is 7.25. The molecule has 8 nitrogen and oxygen atoms in total. The molecule has 0 radical (unpaired) electrons. The van der Waals surface area contributed by atoms with Gasteiger partial charge in [0.05, 0.1) is 12.9 Å². The van der Waals surface area contributed by atoms with Crippen molar-refractivity contribution in [2.75, 3.05) is 12.9 Å². The van der Waals surface area contributed by atoms with Gasteiger partial charge in [0.25, 0.3) is 5.91 Å². The number of aliphatic carboxylic acids is 1. The van der Waals surface area contributed by atoms with Crippen LogP contribution in [-0.2, 0) is 19.1 Å². The molecular formula is C14H15N3O5S2. The van der Waals surface area contributed by atoms with Crippen LogP contribution in [0.25, 0.3) is 0 Å². The van der Waals surface area contributed by atoms with E-state index in [1.54, 1.807) is 12.1 Å². The average Bonchev–Trinajstić information content (AvgIpc) is 3.11. The van der Waals surface area contributed by atoms with Crippen LogP contribution >= 0.6 is 23.1 Å². The van der Waals surface area contributed by atoms with Crippen molar-refractivity contribution >= 4 is 40.9 Å². The molecule has 1 fully saturated rings. The summed E-state index contributed by atoms with van der Waals surface area (Å²) in [5, 5.41) is 13.3. The van der Waals surface area contributed by atoms with Crippen LogP contribution in [0.1, 0.15) is 10.9 Å². The molecule has 0 bridgehead atoms. The number of nitrogens with two attached hydrogens (primary N) is 1. The monoisotopic (exact) mass is 369 g/mol. The summed E-state index contributed by atoms with van der Waals surface area (Å²) in [5.41, 5.74) is 5.72. The SMILES string of the molecule is COC1=C(C(=O)O)N2C(=O)[C@@H](NC(=O)C(N)c3cccs3)[C@H]2SC1. The van der Waals surface area contributed by atoms with Crippen LogP contribution in [0.4, 0.5) is 0 Å². The van der Waals surface area contributed by atoms with Crippen molar-refractivity contribution in [3.63, 3.8) is 0 Å². The van der Waals surface area contributed by atoms with Crippen molar-refractivity contribution in [3.8, 4) is 0 Å². The van der Waals surface area contributed by atoms with E-state index in [0.717, 1.165) is 4.90 Å². The van der Waals surface area contributed by atoms with E-state index in [1.807, 2.05) is 5.38 Å². The highest BCUT2D eigenvalue weighted by molar-refractivity contribution is 8.00. The molecule has 1 aromatic rings. The Hall–Kier alpha value is -2.04. The molecular weight excluding hydrogens is 354 g/mol. The van der Waals surface area contributed by atoms with Gasteiger partial charge in [-0.3, -0.25) is 14.5 Å². The number of rotatable bonds is 5. The summed E-state index contributed by atoms with van der Waals surface area (Å²) in [7, 11) is 1.36. The third kappa shape index (κ3) is 2.66. The number of carboxylic acid groups (broad SMARTS) is 1. The summed E-state index contributed by atoms with van der Waals surface area (Å²) in [6.45, 7) is 0. The molecule has 10 heteroatoms. The van der Waals surface area contributed by atoms with Crippen LogP contribution in [0, 0.1) is 0 Å². The van der Waals surface area contributed by atoms with Crippen LogP contribution in [0.15, 0.2) is 29.0 Å². The molecule has 1 unspecified atom stereocenters. The molecule has 24 heavy (non-hydrogen) atoms. The molecule has 0 spiro atoms. The molecule has 2 aliphatic rings. The standard InChI is InChI=1S/C14H15N3O5S2/c1-22-6-5-24-13-9(12(19)17(13)10(6)14(20)21)16-11(18)8(15)7-3-2-4-23-7/h2-4,8-9,13H,5,15H2,1H3,(H,16,18)(H,20,21)/t8?,9-,13-/m1/s1. The fourth-order valence-electron chi connectivity index (χ4n) is 2.59. The Morgan fingerprint density at radius 2 is 2.29 bits per heavy atom. The molecule has 3 atom stereocenters. The molecule has 0 aliphatic carbocycles. The normalized spacial score (nSPS) is 24.1. The van der Waals surface area contributed by atoms with E-state index in [-0.39, 0.29) is 11.5 Å². The number of methoxy groups -OCH3 is 1. The van der Waals surface area contributed by atoms with Crippen molar-refractivity contribution in [1.82, 2.24) is 10.2 Å². The van der Waals surface area contributed by atoms with Crippen molar-refractivity contribution in [3.05, 3.63) is 33.8 Å². The molecule has 2 amide bonds. The van der Waals surface area contributed by atoms with Crippen LogP contribution < -0.4 is 11.1 Å². The molecule has 128 valence electrons. The highest BCUT2D eigenvalue weighted by Crippen LogP contribution is 2.40. The van der Waals surface area contributed by atoms with Gasteiger partial charge in [-0.1, -0.05) is 6.07 Å². The van der Waals surface area contributed by atoms with Gasteiger partial charge < -0.3 is 20.9 Å². The Labute approximate surface area is 145 Å². The third-order valence-electron chi connectivity index (χ3n) is 3.81. The Morgan fingerprint density at radius 1 is 1.54 bits per heavy atom. The maximum atomic E-state index is 12.3. The zero-order chi connectivity index (χ0) is 17.4. The Morgan fingerprint density at radius 3 is 2.88 bits per heavy atom. The summed E-state index contributed by atoms with van der Waals surface area (Å²) < 4.78 is 5.05. The first-order valence-electron chi connectivity index (χ1n) is 7.00. The zero-order valence-corrected chi connectivity index (χ0v) is 14.2. The number of fused-ring (bicyclic) bond motifs is 1. The number of amides is 2. The minimum atomic E-state index is -1.23. The van der Waals surface area contributed by atoms with Gasteiger partial charge in [-0.15, -0.1) is 23.1 Å². The minimum Gasteiger partial charge on any atom is -0.498 e. The number of hydrogen-bond acceptors (Lipinski definition) is 7. The predicted octanol–water partition coefficient (Wildman–Crippen LogP) is 0.0904. The lowest BCUT2D eigenvalue weighted by molar-refractivity contribution is -0.151. The lowest BCUT2D eigenvalue weighted by Crippen LogP contribution is -2.71. The maximum absolute atomic E-state index is 12.3. The van der Waals surface area contributed by atoms with Gasteiger partial charge in [0.1, 0.15) is 23.2 Å². The second-order valence-electron chi connectivity index (χ2n) is 5.17. The van der Waals surface area contributed by atoms with Crippen molar-refractivity contribution in [2.24, 2.45) is 5.73 Å². The Balaban J connectivity index is 1.73. The topological polar surface area (TPSA) is 122 Å². The van der Waals surface area contributed by atoms with Gasteiger partial charge in [0.15, 0.2) is 5.70 Å². The fourth-order valence-corrected chi connectivity index (χ4v) is 4.62. The first-order valence-corrected chi connectivity index (χ1v) is 8.93. The van der Waals surface area contributed by atoms with E-state index in [0.29, 0.717) is 10.6 Å². The largest absolute Gasteiger partial charge is 0.498 e. The van der Waals surface area contributed by atoms with Crippen LogP contribution in [-0.4, -0.2) is 52.1 Å². The second kappa shape index (κ2) is 6.46. The fraction of sp³-hybridized carbons (Fsp3) is 0.357. The Bertz CT molecular complexity index is 718. The van der Waals surface area contributed by atoms with Crippen LogP contribution in [0.5, 0.6) is 0 Å². The number of carbonyl (C=O) groups excluding carboxylic acids is 2. The van der Waals surface area contributed by atoms with E-state index < -0.39 is 35.2 Å². The molecule has 1 saturated heterocycles. The summed E-state index contributed by atoms with van der Waals surface area (Å²) in [4.78, 5) is 37.8. The van der Waals surface area contributed by atoms with Crippen molar-refractivity contribution in [1.29, 1.82) is 0 Å². The van der Waals surface area contributed by atoms with Crippen molar-refractivity contribution < 1.29 is 24.2 Å². The third-order valence-corrected chi connectivity index (χ3v) is 6.02. The van der Waals surface area contributed by atoms with E-state index in [1.165, 1.54) is 30.2 Å². The number of thiophene rings is 1. The molecule has 1 aromatic heterocycles. The van der Waals surface area contributed by atoms with Gasteiger partial charge in [-0.2, -0.15) is 0 Å². The lowest BCUT2D eigenvalue weighted by Gasteiger charge is -2.49. The van der Waals surface area contributed by atoms with Crippen LogP contribution in [0.3, 0.4) is 0 Å². The minimum absolute atomic E-state index is 0.167. The molecule has 2 aliphatic heterocycles. The average molecular weight is 369 g/mol. The quantitative estimate of drug-likeness (QED) is 0.629. The Kier molecular flexibility index (Phi) is 4.52. The van der Waals surface area contributed by atoms with Gasteiger partial charge in [0.2, 0.25) is 5.91 Å². The highest BCUT2D eigenvalue weighted by Gasteiger charge is 2.55. The van der Waals surface area contributed by atoms with Gasteiger partial charge in [-0.05, 0) is 11.4 Å². The molecule has 0 saturated carbocycles. The number of nitrogens with zero attached hydrogens (tertiary/aromatic N) is 1. The number of β-lactam (4-membered cyclic amide) rings is 1. The first-order chi connectivity index (χ1) is 11.5. The first kappa shape index (κ1) is 16.8. The number of carboxylic acids is 1. The van der Waals surface area contributed by atoms with E-state index >= 15 is 0 Å². The van der Waals surface area contributed by atoms with E-state index in [2.05, 4.69) is 5.32 Å². The summed E-state index contributed by atoms with van der Waals surface area (Å²) >= 11 is 2.69. The summed E-state index contributed by atoms with van der Waals surface area (Å²) in [6.07, 6.45) is 0. The maximum Gasteiger partial charge on any atom is 0.356 e. The van der Waals surface area contributed by atoms with Gasteiger partial charge >= 0.3 is 5.97 Å². The molecule has 4 N–H and O–H groups in total. The van der Waals surface area contributed by atoms with E-state index in [4.69, 9.17) is 10.5 Å². The lowest BCUT2D eigenvalue weighted by atomic mass is 10.0. The van der Waals surface area contributed by atoms with Gasteiger partial charge in [-0.25, -0.2) is 4.79 Å². The van der Waals surface area contributed by atoms with E-state index in [9.17, 15) is 19.5 Å². The molecule has 3 heterocycles. The predicted molar refractivity (Wildman–Crippen MR) is 87.9 cm³/mol. The number of hydrogen-bond donors (Lipinski definition) is 3. The number of ether oxygens (including phenoxy) is 1. The van der Waals surface area contributed by atoms with Gasteiger partial charge in [0, 0.05) is 4.88 Å². The zero-order valence-electron chi connectivity index (χ0n) is 12.6. The molecule has 0 aromatic carbocycles. The smallest absolute Gasteiger partial charge is 0.356 e. The number of carbonyl (C=O) groups is 3. The van der Waals surface area contributed by atoms with Crippen molar-refractivity contribution in [2.45, 2.75) is 17.5 Å². The summed E-state index contributed by atoms with van der Waals surface area (Å²) in [5.74, 6) is -1.63.